The zero-order valence-corrected chi connectivity index (χ0v) is 6.77. The minimum absolute atomic E-state index is 0.973. The summed E-state index contributed by atoms with van der Waals surface area (Å²) in [4.78, 5) is 0. The van der Waals surface area contributed by atoms with Gasteiger partial charge in [0.2, 0.25) is 0 Å². The first kappa shape index (κ1) is 5.62. The Labute approximate surface area is 63.0 Å². The zero-order chi connectivity index (χ0) is 6.77. The third kappa shape index (κ3) is 0.408. The van der Waals surface area contributed by atoms with E-state index in [1.54, 1.807) is 19.3 Å². The maximum atomic E-state index is 2.34. The average molecular weight is 136 g/mol. The molecule has 0 aromatic rings. The van der Waals surface area contributed by atoms with Crippen molar-refractivity contribution in [3.8, 4) is 0 Å². The standard InChI is InChI=1S/C10H16/c1-2-3-8-4-7-5-10(8)6-9(7)10/h7-9H,2-6H2,1H3. The highest BCUT2D eigenvalue weighted by Crippen LogP contribution is 2.82. The molecule has 0 nitrogen and oxygen atoms in total. The molecule has 0 aromatic heterocycles. The normalized spacial score (nSPS) is 61.5. The van der Waals surface area contributed by atoms with Crippen molar-refractivity contribution in [3.05, 3.63) is 0 Å². The van der Waals surface area contributed by atoms with E-state index in [-0.39, 0.29) is 0 Å². The molecule has 10 heavy (non-hydrogen) atoms. The Morgan fingerprint density at radius 3 is 2.70 bits per heavy atom. The van der Waals surface area contributed by atoms with Crippen molar-refractivity contribution in [1.82, 2.24) is 0 Å². The van der Waals surface area contributed by atoms with E-state index in [1.165, 1.54) is 30.6 Å². The van der Waals surface area contributed by atoms with Gasteiger partial charge in [0.05, 0.1) is 0 Å². The van der Waals surface area contributed by atoms with E-state index in [2.05, 4.69) is 6.92 Å². The molecule has 0 radical (unpaired) electrons. The predicted octanol–water partition coefficient (Wildman–Crippen LogP) is 2.83. The second-order valence-electron chi connectivity index (χ2n) is 4.73. The van der Waals surface area contributed by atoms with Crippen molar-refractivity contribution in [3.63, 3.8) is 0 Å². The molecule has 4 rings (SSSR count). The molecule has 0 heteroatoms. The largest absolute Gasteiger partial charge is 0.0654 e. The number of fused-ring (bicyclic) bond motifs is 1. The summed E-state index contributed by atoms with van der Waals surface area (Å²) in [5.41, 5.74) is 0.973. The Kier molecular flexibility index (Phi) is 0.810. The van der Waals surface area contributed by atoms with E-state index in [0.717, 1.165) is 5.41 Å². The summed E-state index contributed by atoms with van der Waals surface area (Å²) in [5, 5.41) is 0. The lowest BCUT2D eigenvalue weighted by molar-refractivity contribution is 0.247. The number of hydrogen-bond acceptors (Lipinski definition) is 0. The minimum atomic E-state index is 0.973. The van der Waals surface area contributed by atoms with E-state index in [9.17, 15) is 0 Å². The minimum Gasteiger partial charge on any atom is -0.0654 e. The van der Waals surface area contributed by atoms with Gasteiger partial charge in [-0.15, -0.1) is 0 Å². The van der Waals surface area contributed by atoms with Gasteiger partial charge >= 0.3 is 0 Å². The monoisotopic (exact) mass is 136 g/mol. The van der Waals surface area contributed by atoms with Gasteiger partial charge in [0.1, 0.15) is 0 Å². The highest BCUT2D eigenvalue weighted by molar-refractivity contribution is 5.23. The SMILES string of the molecule is CCCC1CC2CC13CC23. The summed E-state index contributed by atoms with van der Waals surface area (Å²) in [6, 6.07) is 0. The van der Waals surface area contributed by atoms with Gasteiger partial charge in [-0.25, -0.2) is 0 Å². The van der Waals surface area contributed by atoms with E-state index in [4.69, 9.17) is 0 Å². The number of rotatable bonds is 2. The Hall–Kier alpha value is 0. The van der Waals surface area contributed by atoms with Gasteiger partial charge in [0.25, 0.3) is 0 Å². The first-order valence-corrected chi connectivity index (χ1v) is 4.87. The molecule has 4 unspecified atom stereocenters. The van der Waals surface area contributed by atoms with E-state index >= 15 is 0 Å². The first-order valence-electron chi connectivity index (χ1n) is 4.87. The fourth-order valence-electron chi connectivity index (χ4n) is 3.93. The maximum Gasteiger partial charge on any atom is -0.0232 e. The number of hydrogen-bond donors (Lipinski definition) is 0. The molecule has 56 valence electrons. The predicted molar refractivity (Wildman–Crippen MR) is 41.7 cm³/mol. The quantitative estimate of drug-likeness (QED) is 0.547. The van der Waals surface area contributed by atoms with Gasteiger partial charge in [0.15, 0.2) is 0 Å². The van der Waals surface area contributed by atoms with E-state index < -0.39 is 0 Å². The van der Waals surface area contributed by atoms with Crippen molar-refractivity contribution >= 4 is 0 Å². The van der Waals surface area contributed by atoms with Crippen LogP contribution in [0.4, 0.5) is 0 Å². The molecule has 0 heterocycles. The van der Waals surface area contributed by atoms with Gasteiger partial charge < -0.3 is 0 Å². The summed E-state index contributed by atoms with van der Waals surface area (Å²) in [6.45, 7) is 2.34. The molecule has 1 spiro atoms. The maximum absolute atomic E-state index is 2.34. The van der Waals surface area contributed by atoms with Crippen molar-refractivity contribution in [2.45, 2.75) is 39.0 Å². The lowest BCUT2D eigenvalue weighted by atomic mass is 9.81. The lowest BCUT2D eigenvalue weighted by Gasteiger charge is -2.24. The summed E-state index contributed by atoms with van der Waals surface area (Å²) < 4.78 is 0. The molecule has 4 fully saturated rings. The second kappa shape index (κ2) is 1.44. The van der Waals surface area contributed by atoms with Crippen molar-refractivity contribution < 1.29 is 0 Å². The topological polar surface area (TPSA) is 0 Å². The van der Waals surface area contributed by atoms with Gasteiger partial charge in [-0.3, -0.25) is 0 Å². The van der Waals surface area contributed by atoms with Crippen LogP contribution >= 0.6 is 0 Å². The molecule has 0 aliphatic heterocycles. The Balaban J connectivity index is 1.78. The fourth-order valence-corrected chi connectivity index (χ4v) is 3.93. The summed E-state index contributed by atoms with van der Waals surface area (Å²) >= 11 is 0. The van der Waals surface area contributed by atoms with Crippen molar-refractivity contribution in [1.29, 1.82) is 0 Å². The Bertz CT molecular complexity index is 173. The van der Waals surface area contributed by atoms with Crippen molar-refractivity contribution in [2.24, 2.45) is 23.2 Å². The van der Waals surface area contributed by atoms with Gasteiger partial charge in [-0.05, 0) is 42.4 Å². The van der Waals surface area contributed by atoms with Crippen LogP contribution in [0.1, 0.15) is 39.0 Å². The zero-order valence-electron chi connectivity index (χ0n) is 6.77. The molecule has 0 saturated heterocycles. The second-order valence-corrected chi connectivity index (χ2v) is 4.73. The van der Waals surface area contributed by atoms with Gasteiger partial charge in [0, 0.05) is 0 Å². The Morgan fingerprint density at radius 1 is 1.40 bits per heavy atom. The van der Waals surface area contributed by atoms with Crippen LogP contribution in [0, 0.1) is 23.2 Å². The van der Waals surface area contributed by atoms with Gasteiger partial charge in [-0.2, -0.15) is 0 Å². The summed E-state index contributed by atoms with van der Waals surface area (Å²) in [6.07, 6.45) is 7.82. The van der Waals surface area contributed by atoms with Crippen molar-refractivity contribution in [2.75, 3.05) is 0 Å². The third-order valence-corrected chi connectivity index (χ3v) is 4.43. The molecular weight excluding hydrogens is 120 g/mol. The summed E-state index contributed by atoms with van der Waals surface area (Å²) in [5.74, 6) is 3.62. The van der Waals surface area contributed by atoms with Crippen LogP contribution in [-0.2, 0) is 0 Å². The third-order valence-electron chi connectivity index (χ3n) is 4.43. The smallest absolute Gasteiger partial charge is 0.0232 e. The van der Waals surface area contributed by atoms with Crippen LogP contribution in [0.5, 0.6) is 0 Å². The van der Waals surface area contributed by atoms with Crippen LogP contribution in [0.3, 0.4) is 0 Å². The first-order chi connectivity index (χ1) is 4.87. The fraction of sp³-hybridized carbons (Fsp3) is 1.00. The molecule has 0 aromatic carbocycles. The van der Waals surface area contributed by atoms with Gasteiger partial charge in [-0.1, -0.05) is 19.8 Å². The Morgan fingerprint density at radius 2 is 2.30 bits per heavy atom. The van der Waals surface area contributed by atoms with E-state index in [0.29, 0.717) is 0 Å². The highest BCUT2D eigenvalue weighted by Gasteiger charge is 2.74. The molecule has 4 atom stereocenters. The molecule has 4 aliphatic carbocycles. The molecule has 0 amide bonds. The van der Waals surface area contributed by atoms with Crippen LogP contribution in [0.2, 0.25) is 0 Å². The van der Waals surface area contributed by atoms with Crippen LogP contribution < -0.4 is 0 Å². The molecule has 2 bridgehead atoms. The lowest BCUT2D eigenvalue weighted by Crippen LogP contribution is -2.17. The molecule has 4 saturated carbocycles. The molecule has 4 aliphatic rings. The summed E-state index contributed by atoms with van der Waals surface area (Å²) in [7, 11) is 0. The van der Waals surface area contributed by atoms with Crippen LogP contribution in [-0.4, -0.2) is 0 Å². The highest BCUT2D eigenvalue weighted by atomic mass is 14.8. The molecular formula is C10H16. The molecule has 0 N–H and O–H groups in total. The average Bonchev–Trinajstić information content (AvgIpc) is 2.28. The van der Waals surface area contributed by atoms with E-state index in [1.807, 2.05) is 0 Å². The van der Waals surface area contributed by atoms with Crippen LogP contribution in [0.15, 0.2) is 0 Å². The van der Waals surface area contributed by atoms with Crippen LogP contribution in [0.25, 0.3) is 0 Å².